The first kappa shape index (κ1) is 34.9. The highest BCUT2D eigenvalue weighted by Gasteiger charge is 2.97. The number of rotatable bonds is 8. The van der Waals surface area contributed by atoms with Crippen molar-refractivity contribution >= 4 is 23.9 Å². The predicted molar refractivity (Wildman–Crippen MR) is 166 cm³/mol. The molecule has 1 aromatic rings. The Hall–Kier alpha value is -2.96. The average Bonchev–Trinajstić information content (AvgIpc) is 3.69. The Labute approximate surface area is 281 Å². The number of furan rings is 1. The van der Waals surface area contributed by atoms with E-state index in [1.165, 1.54) is 19.6 Å². The van der Waals surface area contributed by atoms with Gasteiger partial charge in [0.25, 0.3) is 0 Å². The molecule has 2 bridgehead atoms. The summed E-state index contributed by atoms with van der Waals surface area (Å²) in [5.41, 5.74) is -7.42. The van der Waals surface area contributed by atoms with Gasteiger partial charge in [-0.2, -0.15) is 0 Å². The van der Waals surface area contributed by atoms with Crippen LogP contribution in [-0.4, -0.2) is 70.4 Å². The number of fused-ring (bicyclic) bond motifs is 2. The number of cyclic esters (lactones) is 1. The van der Waals surface area contributed by atoms with Crippen molar-refractivity contribution in [3.05, 3.63) is 24.2 Å². The monoisotopic (exact) mass is 674 g/mol. The first-order valence-electron chi connectivity index (χ1n) is 17.2. The minimum Gasteiger partial charge on any atom is -0.472 e. The summed E-state index contributed by atoms with van der Waals surface area (Å²) in [4.78, 5) is 55.0. The van der Waals surface area contributed by atoms with Crippen LogP contribution in [0.15, 0.2) is 23.0 Å². The van der Waals surface area contributed by atoms with Gasteiger partial charge in [0.05, 0.1) is 43.8 Å². The fourth-order valence-corrected chi connectivity index (χ4v) is 10.7. The molecule has 2 N–H and O–H groups in total. The van der Waals surface area contributed by atoms with Gasteiger partial charge in [0.2, 0.25) is 5.79 Å². The van der Waals surface area contributed by atoms with Crippen molar-refractivity contribution in [2.45, 2.75) is 123 Å². The van der Waals surface area contributed by atoms with Gasteiger partial charge in [0.1, 0.15) is 17.8 Å². The fraction of sp³-hybridized carbons (Fsp3) is 0.778. The van der Waals surface area contributed by atoms with E-state index in [-0.39, 0.29) is 6.42 Å². The van der Waals surface area contributed by atoms with Crippen molar-refractivity contribution in [2.75, 3.05) is 7.11 Å². The minimum absolute atomic E-state index is 0.176. The molecule has 0 aromatic carbocycles. The summed E-state index contributed by atoms with van der Waals surface area (Å²) >= 11 is 0. The standard InChI is InChI=1S/C36H50O12/c1-10-18(3)26(38)46-29-31(5,6)24(28(40)43-9)33(8)21-12-14-32(7)22(16-23(37)45-25(32)20-13-15-44-17-20)34(21)30(47-27(39)19(4)11-2)35(29,41)36(33,42)48-34/h13,15,17-19,21-22,24-25,29-30,41-42H,10-12,14,16H2,1-9H3. The molecule has 5 aliphatic rings. The van der Waals surface area contributed by atoms with Crippen LogP contribution in [0.5, 0.6) is 0 Å². The number of methoxy groups -OCH3 is 1. The molecule has 48 heavy (non-hydrogen) atoms. The molecule has 2 aliphatic carbocycles. The van der Waals surface area contributed by atoms with E-state index in [0.717, 1.165) is 0 Å². The molecule has 12 nitrogen and oxygen atoms in total. The fourth-order valence-electron chi connectivity index (χ4n) is 10.7. The maximum atomic E-state index is 14.0. The molecule has 0 radical (unpaired) electrons. The number of ether oxygens (including phenoxy) is 5. The van der Waals surface area contributed by atoms with Gasteiger partial charge in [-0.15, -0.1) is 0 Å². The Morgan fingerprint density at radius 1 is 0.979 bits per heavy atom. The second kappa shape index (κ2) is 11.0. The zero-order valence-electron chi connectivity index (χ0n) is 29.4. The second-order valence-corrected chi connectivity index (χ2v) is 16.0. The van der Waals surface area contributed by atoms with Gasteiger partial charge in [-0.25, -0.2) is 0 Å². The lowest BCUT2D eigenvalue weighted by Crippen LogP contribution is -2.85. The molecule has 6 rings (SSSR count). The lowest BCUT2D eigenvalue weighted by Gasteiger charge is -2.69. The van der Waals surface area contributed by atoms with E-state index in [2.05, 4.69) is 0 Å². The normalized spacial score (nSPS) is 44.9. The quantitative estimate of drug-likeness (QED) is 0.298. The van der Waals surface area contributed by atoms with Crippen LogP contribution in [0.2, 0.25) is 0 Å². The first-order valence-corrected chi connectivity index (χ1v) is 17.2. The lowest BCUT2D eigenvalue weighted by molar-refractivity contribution is -0.382. The smallest absolute Gasteiger partial charge is 0.310 e. The highest BCUT2D eigenvalue weighted by molar-refractivity contribution is 5.78. The number of esters is 4. The van der Waals surface area contributed by atoms with Gasteiger partial charge in [-0.05, 0) is 31.7 Å². The molecule has 266 valence electrons. The molecule has 4 heterocycles. The van der Waals surface area contributed by atoms with Crippen LogP contribution in [-0.2, 0) is 42.9 Å². The molecule has 0 amide bonds. The minimum atomic E-state index is -2.59. The number of hydrogen-bond donors (Lipinski definition) is 2. The number of carbonyl (C=O) groups is 4. The summed E-state index contributed by atoms with van der Waals surface area (Å²) < 4.78 is 36.2. The van der Waals surface area contributed by atoms with Gasteiger partial charge in [-0.1, -0.05) is 55.4 Å². The van der Waals surface area contributed by atoms with Crippen LogP contribution >= 0.6 is 0 Å². The zero-order valence-corrected chi connectivity index (χ0v) is 29.4. The molecule has 3 saturated heterocycles. The predicted octanol–water partition coefficient (Wildman–Crippen LogP) is 4.25. The van der Waals surface area contributed by atoms with Crippen LogP contribution < -0.4 is 0 Å². The molecule has 3 aliphatic heterocycles. The van der Waals surface area contributed by atoms with E-state index in [1.807, 2.05) is 20.8 Å². The average molecular weight is 675 g/mol. The van der Waals surface area contributed by atoms with Crippen molar-refractivity contribution in [3.8, 4) is 0 Å². The molecular weight excluding hydrogens is 624 g/mol. The summed E-state index contributed by atoms with van der Waals surface area (Å²) in [5.74, 6) is -8.92. The molecule has 12 heteroatoms. The molecule has 5 fully saturated rings. The summed E-state index contributed by atoms with van der Waals surface area (Å²) in [6.07, 6.45) is 0.548. The van der Waals surface area contributed by atoms with E-state index in [0.29, 0.717) is 31.2 Å². The van der Waals surface area contributed by atoms with Gasteiger partial charge in [0.15, 0.2) is 11.7 Å². The van der Waals surface area contributed by atoms with Crippen LogP contribution in [0, 0.1) is 45.8 Å². The molecular formula is C36H50O12. The molecule has 2 saturated carbocycles. The maximum absolute atomic E-state index is 14.0. The largest absolute Gasteiger partial charge is 0.472 e. The number of aliphatic hydroxyl groups is 2. The molecule has 13 atom stereocenters. The molecule has 1 spiro atoms. The van der Waals surface area contributed by atoms with Crippen LogP contribution in [0.3, 0.4) is 0 Å². The van der Waals surface area contributed by atoms with Gasteiger partial charge >= 0.3 is 23.9 Å². The van der Waals surface area contributed by atoms with Crippen LogP contribution in [0.1, 0.15) is 99.2 Å². The van der Waals surface area contributed by atoms with Crippen molar-refractivity contribution in [3.63, 3.8) is 0 Å². The Balaban J connectivity index is 1.65. The summed E-state index contributed by atoms with van der Waals surface area (Å²) in [6.45, 7) is 14.1. The Morgan fingerprint density at radius 3 is 2.12 bits per heavy atom. The van der Waals surface area contributed by atoms with Gasteiger partial charge in [-0.3, -0.25) is 19.2 Å². The maximum Gasteiger partial charge on any atom is 0.310 e. The third kappa shape index (κ3) is 3.99. The highest BCUT2D eigenvalue weighted by Crippen LogP contribution is 2.82. The Morgan fingerprint density at radius 2 is 1.58 bits per heavy atom. The lowest BCUT2D eigenvalue weighted by atomic mass is 9.35. The van der Waals surface area contributed by atoms with Crippen LogP contribution in [0.25, 0.3) is 0 Å². The second-order valence-electron chi connectivity index (χ2n) is 16.0. The van der Waals surface area contributed by atoms with Crippen molar-refractivity contribution in [2.24, 2.45) is 45.8 Å². The topological polar surface area (TPSA) is 168 Å². The number of hydrogen-bond acceptors (Lipinski definition) is 12. The van der Waals surface area contributed by atoms with E-state index in [1.54, 1.807) is 40.7 Å². The van der Waals surface area contributed by atoms with E-state index in [9.17, 15) is 29.4 Å². The van der Waals surface area contributed by atoms with E-state index in [4.69, 9.17) is 28.1 Å². The van der Waals surface area contributed by atoms with Crippen LogP contribution in [0.4, 0.5) is 0 Å². The summed E-state index contributed by atoms with van der Waals surface area (Å²) in [6, 6.07) is 1.72. The van der Waals surface area contributed by atoms with E-state index < -0.39 is 105 Å². The summed E-state index contributed by atoms with van der Waals surface area (Å²) in [7, 11) is 1.25. The summed E-state index contributed by atoms with van der Waals surface area (Å²) in [5, 5.41) is 26.5. The van der Waals surface area contributed by atoms with E-state index >= 15 is 0 Å². The van der Waals surface area contributed by atoms with Crippen molar-refractivity contribution in [1.29, 1.82) is 0 Å². The third-order valence-electron chi connectivity index (χ3n) is 13.4. The first-order chi connectivity index (χ1) is 22.4. The number of carbonyl (C=O) groups excluding carboxylic acids is 4. The van der Waals surface area contributed by atoms with Crippen molar-refractivity contribution in [1.82, 2.24) is 0 Å². The Bertz CT molecular complexity index is 1490. The Kier molecular flexibility index (Phi) is 8.01. The van der Waals surface area contributed by atoms with Gasteiger partial charge < -0.3 is 38.3 Å². The third-order valence-corrected chi connectivity index (χ3v) is 13.4. The SMILES string of the molecule is CCC(C)C(=O)OC1C(C)(C)C(C(=O)OC)C2(C)C3CCC4(C)C(c5ccoc5)OC(=O)CC4C34OC2(O)C1(O)C4OC(=O)C(C)CC. The highest BCUT2D eigenvalue weighted by atomic mass is 16.7. The van der Waals surface area contributed by atoms with Gasteiger partial charge in [0, 0.05) is 33.6 Å². The zero-order chi connectivity index (χ0) is 35.4. The molecule has 1 aromatic heterocycles. The molecule has 13 unspecified atom stereocenters. The van der Waals surface area contributed by atoms with Crippen molar-refractivity contribution < 1.29 is 57.5 Å².